The van der Waals surface area contributed by atoms with Crippen molar-refractivity contribution in [1.82, 2.24) is 4.90 Å². The first-order valence-electron chi connectivity index (χ1n) is 3.80. The fraction of sp³-hybridized carbons (Fsp3) is 0.857. The van der Waals surface area contributed by atoms with Crippen LogP contribution in [0.15, 0.2) is 0 Å². The van der Waals surface area contributed by atoms with Gasteiger partial charge < -0.3 is 9.84 Å². The molecule has 0 radical (unpaired) electrons. The van der Waals surface area contributed by atoms with Gasteiger partial charge in [-0.15, -0.1) is 0 Å². The Morgan fingerprint density at radius 3 is 3.00 bits per heavy atom. The second-order valence-electron chi connectivity index (χ2n) is 2.56. The average molecular weight is 159 g/mol. The number of carboxylic acids is 1. The summed E-state index contributed by atoms with van der Waals surface area (Å²) in [7, 11) is 0. The van der Waals surface area contributed by atoms with Crippen LogP contribution in [0.4, 0.5) is 0 Å². The summed E-state index contributed by atoms with van der Waals surface area (Å²) < 4.78 is 5.05. The van der Waals surface area contributed by atoms with E-state index in [1.165, 1.54) is 0 Å². The average Bonchev–Trinajstić information content (AvgIpc) is 2.04. The van der Waals surface area contributed by atoms with Crippen molar-refractivity contribution in [3.8, 4) is 0 Å². The molecule has 1 saturated heterocycles. The predicted molar refractivity (Wildman–Crippen MR) is 39.5 cm³/mol. The Labute approximate surface area is 65.8 Å². The molecule has 0 aromatic rings. The van der Waals surface area contributed by atoms with Gasteiger partial charge in [0.2, 0.25) is 0 Å². The molecule has 1 N–H and O–H groups in total. The molecule has 64 valence electrons. The summed E-state index contributed by atoms with van der Waals surface area (Å²) in [5, 5.41) is 8.72. The summed E-state index contributed by atoms with van der Waals surface area (Å²) in [5.74, 6) is -0.786. The van der Waals surface area contributed by atoms with Crippen molar-refractivity contribution in [3.05, 3.63) is 0 Å². The van der Waals surface area contributed by atoms with Crippen LogP contribution in [0.2, 0.25) is 0 Å². The number of likely N-dealkylation sites (N-methyl/N-ethyl adjacent to an activating group) is 1. The van der Waals surface area contributed by atoms with E-state index in [4.69, 9.17) is 9.84 Å². The van der Waals surface area contributed by atoms with Gasteiger partial charge in [0.25, 0.3) is 0 Å². The van der Waals surface area contributed by atoms with Crippen LogP contribution in [-0.4, -0.2) is 48.3 Å². The Balaban J connectivity index is 2.51. The highest BCUT2D eigenvalue weighted by Gasteiger charge is 2.27. The van der Waals surface area contributed by atoms with E-state index in [0.29, 0.717) is 13.2 Å². The normalized spacial score (nSPS) is 26.8. The topological polar surface area (TPSA) is 49.8 Å². The minimum atomic E-state index is -0.786. The zero-order valence-corrected chi connectivity index (χ0v) is 6.62. The standard InChI is InChI=1S/C7H13NO3/c1-2-8-3-4-11-5-6(8)7(9)10/h6H,2-5H2,1H3,(H,9,10)/t6-/m1/s1. The molecule has 0 aliphatic carbocycles. The molecular formula is C7H13NO3. The molecule has 1 fully saturated rings. The Kier molecular flexibility index (Phi) is 2.84. The largest absolute Gasteiger partial charge is 0.480 e. The zero-order valence-electron chi connectivity index (χ0n) is 6.62. The summed E-state index contributed by atoms with van der Waals surface area (Å²) in [6.45, 7) is 4.44. The van der Waals surface area contributed by atoms with Gasteiger partial charge in [-0.05, 0) is 6.54 Å². The van der Waals surface area contributed by atoms with Gasteiger partial charge in [0.15, 0.2) is 0 Å². The van der Waals surface area contributed by atoms with E-state index in [1.807, 2.05) is 11.8 Å². The second-order valence-corrected chi connectivity index (χ2v) is 2.56. The fourth-order valence-electron chi connectivity index (χ4n) is 1.24. The zero-order chi connectivity index (χ0) is 8.27. The third kappa shape index (κ3) is 1.91. The van der Waals surface area contributed by atoms with E-state index in [0.717, 1.165) is 13.1 Å². The number of ether oxygens (including phenoxy) is 1. The van der Waals surface area contributed by atoms with Crippen molar-refractivity contribution in [2.75, 3.05) is 26.3 Å². The van der Waals surface area contributed by atoms with Crippen molar-refractivity contribution < 1.29 is 14.6 Å². The minimum absolute atomic E-state index is 0.323. The maximum Gasteiger partial charge on any atom is 0.323 e. The molecule has 1 atom stereocenters. The number of carboxylic acid groups (broad SMARTS) is 1. The molecule has 4 heteroatoms. The molecule has 1 aliphatic rings. The summed E-state index contributed by atoms with van der Waals surface area (Å²) in [4.78, 5) is 12.5. The molecule has 0 spiro atoms. The van der Waals surface area contributed by atoms with Crippen LogP contribution in [0.5, 0.6) is 0 Å². The number of morpholine rings is 1. The molecule has 1 aliphatic heterocycles. The van der Waals surface area contributed by atoms with E-state index < -0.39 is 12.0 Å². The van der Waals surface area contributed by atoms with Crippen molar-refractivity contribution >= 4 is 5.97 Å². The lowest BCUT2D eigenvalue weighted by Crippen LogP contribution is -2.49. The van der Waals surface area contributed by atoms with Gasteiger partial charge in [0, 0.05) is 6.54 Å². The fourth-order valence-corrected chi connectivity index (χ4v) is 1.24. The van der Waals surface area contributed by atoms with E-state index in [1.54, 1.807) is 0 Å². The second kappa shape index (κ2) is 3.69. The van der Waals surface area contributed by atoms with Gasteiger partial charge >= 0.3 is 5.97 Å². The van der Waals surface area contributed by atoms with Crippen LogP contribution in [0.3, 0.4) is 0 Å². The maximum absolute atomic E-state index is 10.6. The van der Waals surface area contributed by atoms with Crippen molar-refractivity contribution in [3.63, 3.8) is 0 Å². The number of rotatable bonds is 2. The minimum Gasteiger partial charge on any atom is -0.480 e. The van der Waals surface area contributed by atoms with Crippen molar-refractivity contribution in [2.45, 2.75) is 13.0 Å². The highest BCUT2D eigenvalue weighted by atomic mass is 16.5. The van der Waals surface area contributed by atoms with Crippen LogP contribution in [0, 0.1) is 0 Å². The molecule has 0 amide bonds. The first-order valence-corrected chi connectivity index (χ1v) is 3.80. The van der Waals surface area contributed by atoms with Crippen LogP contribution < -0.4 is 0 Å². The van der Waals surface area contributed by atoms with Crippen LogP contribution >= 0.6 is 0 Å². The first-order chi connectivity index (χ1) is 5.25. The number of carbonyl (C=O) groups is 1. The highest BCUT2D eigenvalue weighted by Crippen LogP contribution is 2.05. The quantitative estimate of drug-likeness (QED) is 0.605. The van der Waals surface area contributed by atoms with Crippen molar-refractivity contribution in [2.24, 2.45) is 0 Å². The van der Waals surface area contributed by atoms with Gasteiger partial charge in [-0.3, -0.25) is 9.69 Å². The number of hydrogen-bond acceptors (Lipinski definition) is 3. The molecule has 11 heavy (non-hydrogen) atoms. The van der Waals surface area contributed by atoms with Gasteiger partial charge in [0.1, 0.15) is 6.04 Å². The molecule has 0 saturated carbocycles. The smallest absolute Gasteiger partial charge is 0.323 e. The van der Waals surface area contributed by atoms with Crippen molar-refractivity contribution in [1.29, 1.82) is 0 Å². The van der Waals surface area contributed by atoms with Gasteiger partial charge in [-0.25, -0.2) is 0 Å². The molecule has 4 nitrogen and oxygen atoms in total. The number of hydrogen-bond donors (Lipinski definition) is 1. The van der Waals surface area contributed by atoms with Crippen LogP contribution in [0.1, 0.15) is 6.92 Å². The Morgan fingerprint density at radius 2 is 2.55 bits per heavy atom. The Bertz CT molecular complexity index is 149. The molecule has 1 rings (SSSR count). The van der Waals surface area contributed by atoms with E-state index >= 15 is 0 Å². The van der Waals surface area contributed by atoms with Gasteiger partial charge in [-0.2, -0.15) is 0 Å². The summed E-state index contributed by atoms with van der Waals surface area (Å²) >= 11 is 0. The summed E-state index contributed by atoms with van der Waals surface area (Å²) in [5.41, 5.74) is 0. The van der Waals surface area contributed by atoms with E-state index in [2.05, 4.69) is 0 Å². The Morgan fingerprint density at radius 1 is 1.82 bits per heavy atom. The lowest BCUT2D eigenvalue weighted by molar-refractivity contribution is -0.149. The molecule has 1 heterocycles. The summed E-state index contributed by atoms with van der Waals surface area (Å²) in [6, 6.07) is -0.436. The third-order valence-corrected chi connectivity index (χ3v) is 1.93. The number of aliphatic carboxylic acids is 1. The molecule has 0 aromatic carbocycles. The molecule has 0 bridgehead atoms. The highest BCUT2D eigenvalue weighted by molar-refractivity contribution is 5.73. The van der Waals surface area contributed by atoms with Gasteiger partial charge in [0.05, 0.1) is 13.2 Å². The first kappa shape index (κ1) is 8.49. The monoisotopic (exact) mass is 159 g/mol. The predicted octanol–water partition coefficient (Wildman–Crippen LogP) is -0.208. The molecular weight excluding hydrogens is 146 g/mol. The lowest BCUT2D eigenvalue weighted by atomic mass is 10.2. The van der Waals surface area contributed by atoms with E-state index in [9.17, 15) is 4.79 Å². The van der Waals surface area contributed by atoms with E-state index in [-0.39, 0.29) is 0 Å². The van der Waals surface area contributed by atoms with Gasteiger partial charge in [-0.1, -0.05) is 6.92 Å². The summed E-state index contributed by atoms with van der Waals surface area (Å²) in [6.07, 6.45) is 0. The Hall–Kier alpha value is -0.610. The van der Waals surface area contributed by atoms with Crippen LogP contribution in [-0.2, 0) is 9.53 Å². The SMILES string of the molecule is CCN1CCOC[C@@H]1C(=O)O. The number of nitrogens with zero attached hydrogens (tertiary/aromatic N) is 1. The molecule has 0 unspecified atom stereocenters. The third-order valence-electron chi connectivity index (χ3n) is 1.93. The maximum atomic E-state index is 10.6. The lowest BCUT2D eigenvalue weighted by Gasteiger charge is -2.31. The van der Waals surface area contributed by atoms with Crippen LogP contribution in [0.25, 0.3) is 0 Å². The molecule has 0 aromatic heterocycles.